The number of hydrogen-bond donors (Lipinski definition) is 0. The number of carbonyl (C=O) groups is 1. The van der Waals surface area contributed by atoms with Gasteiger partial charge in [-0.25, -0.2) is 0 Å². The minimum absolute atomic E-state index is 0.0916. The van der Waals surface area contributed by atoms with Crippen molar-refractivity contribution in [2.24, 2.45) is 11.3 Å². The number of carbonyl (C=O) groups excluding carboxylic acids is 1. The minimum atomic E-state index is 0.0916. The Labute approximate surface area is 113 Å². The number of rotatable bonds is 2. The molecular formula is C17H20O2. The highest BCUT2D eigenvalue weighted by Gasteiger charge is 2.38. The van der Waals surface area contributed by atoms with Crippen LogP contribution in [0.15, 0.2) is 34.7 Å². The first-order chi connectivity index (χ1) is 9.08. The fourth-order valence-electron chi connectivity index (χ4n) is 3.26. The maximum atomic E-state index is 12.7. The number of para-hydroxylation sites is 1. The van der Waals surface area contributed by atoms with Crippen LogP contribution < -0.4 is 0 Å². The number of fused-ring (bicyclic) bond motifs is 1. The molecule has 0 amide bonds. The van der Waals surface area contributed by atoms with Gasteiger partial charge in [-0.3, -0.25) is 4.79 Å². The first-order valence-corrected chi connectivity index (χ1v) is 7.11. The molecule has 1 aliphatic carbocycles. The summed E-state index contributed by atoms with van der Waals surface area (Å²) in [6, 6.07) is 9.70. The van der Waals surface area contributed by atoms with Crippen molar-refractivity contribution >= 4 is 16.8 Å². The van der Waals surface area contributed by atoms with Crippen molar-refractivity contribution in [3.8, 4) is 0 Å². The van der Waals surface area contributed by atoms with E-state index >= 15 is 0 Å². The Kier molecular flexibility index (Phi) is 2.96. The van der Waals surface area contributed by atoms with Gasteiger partial charge in [-0.15, -0.1) is 0 Å². The molecule has 1 aliphatic rings. The Hall–Kier alpha value is -1.57. The van der Waals surface area contributed by atoms with Crippen molar-refractivity contribution in [2.75, 3.05) is 0 Å². The molecule has 1 aromatic carbocycles. The molecule has 2 aromatic rings. The fraction of sp³-hybridized carbons (Fsp3) is 0.471. The van der Waals surface area contributed by atoms with Crippen LogP contribution in [0.1, 0.15) is 50.1 Å². The number of benzene rings is 1. The van der Waals surface area contributed by atoms with Gasteiger partial charge in [-0.2, -0.15) is 0 Å². The Morgan fingerprint density at radius 3 is 2.79 bits per heavy atom. The predicted octanol–water partition coefficient (Wildman–Crippen LogP) is 4.83. The topological polar surface area (TPSA) is 30.2 Å². The lowest BCUT2D eigenvalue weighted by atomic mass is 9.67. The molecule has 0 saturated heterocycles. The zero-order chi connectivity index (χ0) is 13.5. The van der Waals surface area contributed by atoms with Crippen LogP contribution in [0.3, 0.4) is 0 Å². The van der Waals surface area contributed by atoms with Gasteiger partial charge in [0.2, 0.25) is 5.78 Å². The normalized spacial score (nSPS) is 22.5. The SMILES string of the molecule is CC1(C)CCCCC1C(=O)c1cc2ccccc2o1. The van der Waals surface area contributed by atoms with Crippen molar-refractivity contribution in [1.82, 2.24) is 0 Å². The van der Waals surface area contributed by atoms with Gasteiger partial charge in [0.05, 0.1) is 0 Å². The van der Waals surface area contributed by atoms with Gasteiger partial charge in [0, 0.05) is 11.3 Å². The molecule has 1 aromatic heterocycles. The molecule has 0 aliphatic heterocycles. The maximum Gasteiger partial charge on any atom is 0.201 e. The van der Waals surface area contributed by atoms with Gasteiger partial charge in [-0.1, -0.05) is 44.9 Å². The second kappa shape index (κ2) is 4.52. The fourth-order valence-corrected chi connectivity index (χ4v) is 3.26. The molecule has 0 radical (unpaired) electrons. The van der Waals surface area contributed by atoms with E-state index in [0.29, 0.717) is 5.76 Å². The quantitative estimate of drug-likeness (QED) is 0.720. The van der Waals surface area contributed by atoms with Gasteiger partial charge < -0.3 is 4.42 Å². The summed E-state index contributed by atoms with van der Waals surface area (Å²) < 4.78 is 5.73. The summed E-state index contributed by atoms with van der Waals surface area (Å²) in [7, 11) is 0. The molecule has 0 N–H and O–H groups in total. The number of furan rings is 1. The second-order valence-corrected chi connectivity index (χ2v) is 6.30. The average Bonchev–Trinajstić information content (AvgIpc) is 2.81. The molecule has 0 bridgehead atoms. The summed E-state index contributed by atoms with van der Waals surface area (Å²) in [5.41, 5.74) is 0.897. The molecule has 3 rings (SSSR count). The van der Waals surface area contributed by atoms with Crippen molar-refractivity contribution in [1.29, 1.82) is 0 Å². The van der Waals surface area contributed by atoms with Gasteiger partial charge in [-0.05, 0) is 30.4 Å². The molecule has 1 saturated carbocycles. The van der Waals surface area contributed by atoms with E-state index in [1.165, 1.54) is 6.42 Å². The molecule has 1 heterocycles. The van der Waals surface area contributed by atoms with Crippen LogP contribution in [-0.2, 0) is 0 Å². The zero-order valence-corrected chi connectivity index (χ0v) is 11.6. The van der Waals surface area contributed by atoms with Gasteiger partial charge in [0.15, 0.2) is 5.76 Å². The standard InChI is InChI=1S/C17H20O2/c1-17(2)10-6-5-8-13(17)16(18)15-11-12-7-3-4-9-14(12)19-15/h3-4,7,9,11,13H,5-6,8,10H2,1-2H3. The van der Waals surface area contributed by atoms with E-state index in [1.54, 1.807) is 0 Å². The summed E-state index contributed by atoms with van der Waals surface area (Å²) in [5, 5.41) is 1.01. The van der Waals surface area contributed by atoms with Crippen molar-refractivity contribution < 1.29 is 9.21 Å². The van der Waals surface area contributed by atoms with E-state index in [0.717, 1.165) is 30.2 Å². The van der Waals surface area contributed by atoms with Crippen LogP contribution in [0, 0.1) is 11.3 Å². The first kappa shape index (κ1) is 12.5. The second-order valence-electron chi connectivity index (χ2n) is 6.30. The average molecular weight is 256 g/mol. The lowest BCUT2D eigenvalue weighted by Gasteiger charge is -2.37. The lowest BCUT2D eigenvalue weighted by Crippen LogP contribution is -2.33. The van der Waals surface area contributed by atoms with Crippen LogP contribution in [-0.4, -0.2) is 5.78 Å². The zero-order valence-electron chi connectivity index (χ0n) is 11.6. The van der Waals surface area contributed by atoms with Crippen molar-refractivity contribution in [3.05, 3.63) is 36.1 Å². The summed E-state index contributed by atoms with van der Waals surface area (Å²) in [5.74, 6) is 0.809. The van der Waals surface area contributed by atoms with Crippen molar-refractivity contribution in [3.63, 3.8) is 0 Å². The summed E-state index contributed by atoms with van der Waals surface area (Å²) >= 11 is 0. The van der Waals surface area contributed by atoms with Gasteiger partial charge in [0.1, 0.15) is 5.58 Å². The van der Waals surface area contributed by atoms with Crippen LogP contribution in [0.2, 0.25) is 0 Å². The van der Waals surface area contributed by atoms with E-state index in [1.807, 2.05) is 30.3 Å². The van der Waals surface area contributed by atoms with Crippen LogP contribution in [0.25, 0.3) is 11.0 Å². The molecule has 100 valence electrons. The number of Topliss-reactive ketones (excluding diaryl/α,β-unsaturated/α-hetero) is 1. The monoisotopic (exact) mass is 256 g/mol. The Bertz CT molecular complexity index is 574. The first-order valence-electron chi connectivity index (χ1n) is 7.11. The molecule has 1 fully saturated rings. The third-order valence-corrected chi connectivity index (χ3v) is 4.49. The van der Waals surface area contributed by atoms with E-state index in [4.69, 9.17) is 4.42 Å². The summed E-state index contributed by atoms with van der Waals surface area (Å²) in [6.45, 7) is 4.41. The highest BCUT2D eigenvalue weighted by Crippen LogP contribution is 2.42. The maximum absolute atomic E-state index is 12.7. The summed E-state index contributed by atoms with van der Waals surface area (Å²) in [6.07, 6.45) is 4.50. The van der Waals surface area contributed by atoms with E-state index < -0.39 is 0 Å². The molecule has 1 atom stereocenters. The Morgan fingerprint density at radius 2 is 2.05 bits per heavy atom. The summed E-state index contributed by atoms with van der Waals surface area (Å²) in [4.78, 5) is 12.7. The third kappa shape index (κ3) is 2.20. The predicted molar refractivity (Wildman–Crippen MR) is 76.3 cm³/mol. The number of hydrogen-bond acceptors (Lipinski definition) is 2. The highest BCUT2D eigenvalue weighted by atomic mass is 16.3. The highest BCUT2D eigenvalue weighted by molar-refractivity contribution is 5.99. The molecule has 19 heavy (non-hydrogen) atoms. The minimum Gasteiger partial charge on any atom is -0.453 e. The largest absolute Gasteiger partial charge is 0.453 e. The molecule has 2 nitrogen and oxygen atoms in total. The number of ketones is 1. The van der Waals surface area contributed by atoms with E-state index in [-0.39, 0.29) is 17.1 Å². The van der Waals surface area contributed by atoms with E-state index in [2.05, 4.69) is 13.8 Å². The van der Waals surface area contributed by atoms with Crippen LogP contribution in [0.5, 0.6) is 0 Å². The van der Waals surface area contributed by atoms with E-state index in [9.17, 15) is 4.79 Å². The smallest absolute Gasteiger partial charge is 0.201 e. The molecule has 0 spiro atoms. The molecule has 1 unspecified atom stereocenters. The van der Waals surface area contributed by atoms with Gasteiger partial charge in [0.25, 0.3) is 0 Å². The molecular weight excluding hydrogens is 236 g/mol. The third-order valence-electron chi connectivity index (χ3n) is 4.49. The van der Waals surface area contributed by atoms with Crippen LogP contribution >= 0.6 is 0 Å². The Morgan fingerprint density at radius 1 is 1.26 bits per heavy atom. The van der Waals surface area contributed by atoms with Crippen LogP contribution in [0.4, 0.5) is 0 Å². The Balaban J connectivity index is 1.94. The van der Waals surface area contributed by atoms with Gasteiger partial charge >= 0.3 is 0 Å². The van der Waals surface area contributed by atoms with Crippen molar-refractivity contribution in [2.45, 2.75) is 39.5 Å². The lowest BCUT2D eigenvalue weighted by molar-refractivity contribution is 0.0670. The molecule has 2 heteroatoms.